The molecule has 4 aliphatic rings. The lowest BCUT2D eigenvalue weighted by Crippen LogP contribution is -2.51. The van der Waals surface area contributed by atoms with Crippen LogP contribution >= 0.6 is 0 Å². The van der Waals surface area contributed by atoms with E-state index in [4.69, 9.17) is 0 Å². The van der Waals surface area contributed by atoms with Crippen molar-refractivity contribution in [1.82, 2.24) is 20.0 Å². The number of carbonyl (C=O) groups is 4. The summed E-state index contributed by atoms with van der Waals surface area (Å²) in [6, 6.07) is -0.363. The smallest absolute Gasteiger partial charge is 0.325 e. The number of rotatable bonds is 6. The Kier molecular flexibility index (Phi) is 7.36. The molecule has 0 aromatic rings. The van der Waals surface area contributed by atoms with Crippen LogP contribution in [0.5, 0.6) is 0 Å². The van der Waals surface area contributed by atoms with Gasteiger partial charge >= 0.3 is 6.03 Å². The van der Waals surface area contributed by atoms with E-state index in [0.717, 1.165) is 25.7 Å². The molecule has 1 spiro atoms. The molecule has 0 bridgehead atoms. The lowest BCUT2D eigenvalue weighted by atomic mass is 9.82. The van der Waals surface area contributed by atoms with Crippen LogP contribution in [0.1, 0.15) is 83.5 Å². The molecule has 4 fully saturated rings. The van der Waals surface area contributed by atoms with Crippen LogP contribution in [0.4, 0.5) is 4.79 Å². The number of hydrogen-bond donors (Lipinski definition) is 1. The SMILES string of the molecule is O=C(CCC1CCCCC1)N1CCN(C(=O)CCN2C(=O)NC3(CCCCC3)C2=O)CC1. The molecule has 2 aliphatic carbocycles. The van der Waals surface area contributed by atoms with Gasteiger partial charge in [0.1, 0.15) is 5.54 Å². The summed E-state index contributed by atoms with van der Waals surface area (Å²) in [7, 11) is 0. The van der Waals surface area contributed by atoms with Gasteiger partial charge in [0.25, 0.3) is 5.91 Å². The van der Waals surface area contributed by atoms with E-state index in [1.165, 1.54) is 37.0 Å². The lowest BCUT2D eigenvalue weighted by Gasteiger charge is -2.35. The van der Waals surface area contributed by atoms with E-state index in [0.29, 0.717) is 51.4 Å². The van der Waals surface area contributed by atoms with Gasteiger partial charge in [-0.15, -0.1) is 0 Å². The molecule has 0 radical (unpaired) electrons. The van der Waals surface area contributed by atoms with Crippen molar-refractivity contribution in [1.29, 1.82) is 0 Å². The van der Waals surface area contributed by atoms with Crippen molar-refractivity contribution in [2.24, 2.45) is 5.92 Å². The summed E-state index contributed by atoms with van der Waals surface area (Å²) >= 11 is 0. The van der Waals surface area contributed by atoms with Crippen LogP contribution in [0.25, 0.3) is 0 Å². The van der Waals surface area contributed by atoms with Crippen molar-refractivity contribution in [2.75, 3.05) is 32.7 Å². The predicted molar refractivity (Wildman–Crippen MR) is 120 cm³/mol. The summed E-state index contributed by atoms with van der Waals surface area (Å²) in [5.41, 5.74) is -0.734. The van der Waals surface area contributed by atoms with E-state index in [9.17, 15) is 19.2 Å². The molecule has 32 heavy (non-hydrogen) atoms. The zero-order valence-corrected chi connectivity index (χ0v) is 19.3. The number of nitrogens with zero attached hydrogens (tertiary/aromatic N) is 3. The average molecular weight is 447 g/mol. The molecule has 178 valence electrons. The van der Waals surface area contributed by atoms with Gasteiger partial charge in [0.2, 0.25) is 11.8 Å². The van der Waals surface area contributed by atoms with E-state index in [1.807, 2.05) is 4.90 Å². The Morgan fingerprint density at radius 2 is 1.38 bits per heavy atom. The van der Waals surface area contributed by atoms with Crippen molar-refractivity contribution in [3.63, 3.8) is 0 Å². The van der Waals surface area contributed by atoms with E-state index < -0.39 is 5.54 Å². The summed E-state index contributed by atoms with van der Waals surface area (Å²) < 4.78 is 0. The summed E-state index contributed by atoms with van der Waals surface area (Å²) in [5.74, 6) is 0.696. The third kappa shape index (κ3) is 5.09. The largest absolute Gasteiger partial charge is 0.339 e. The minimum Gasteiger partial charge on any atom is -0.339 e. The first-order valence-corrected chi connectivity index (χ1v) is 12.7. The Bertz CT molecular complexity index is 720. The van der Waals surface area contributed by atoms with Crippen LogP contribution in [-0.4, -0.2) is 76.7 Å². The average Bonchev–Trinajstić information content (AvgIpc) is 3.05. The maximum atomic E-state index is 12.8. The van der Waals surface area contributed by atoms with Gasteiger partial charge in [0, 0.05) is 45.6 Å². The summed E-state index contributed by atoms with van der Waals surface area (Å²) in [4.78, 5) is 55.4. The summed E-state index contributed by atoms with van der Waals surface area (Å²) in [5, 5.41) is 2.89. The second-order valence-electron chi connectivity index (χ2n) is 10.1. The van der Waals surface area contributed by atoms with Crippen LogP contribution in [0, 0.1) is 5.92 Å². The molecule has 0 unspecified atom stereocenters. The highest BCUT2D eigenvalue weighted by Crippen LogP contribution is 2.33. The number of hydrogen-bond acceptors (Lipinski definition) is 4. The van der Waals surface area contributed by atoms with E-state index in [-0.39, 0.29) is 36.7 Å². The van der Waals surface area contributed by atoms with Crippen LogP contribution in [0.3, 0.4) is 0 Å². The number of amides is 5. The second-order valence-corrected chi connectivity index (χ2v) is 10.1. The van der Waals surface area contributed by atoms with Crippen molar-refractivity contribution >= 4 is 23.8 Å². The molecule has 8 nitrogen and oxygen atoms in total. The molecule has 0 atom stereocenters. The number of piperazine rings is 1. The quantitative estimate of drug-likeness (QED) is 0.635. The van der Waals surface area contributed by atoms with Crippen molar-refractivity contribution in [3.8, 4) is 0 Å². The van der Waals surface area contributed by atoms with Crippen molar-refractivity contribution in [2.45, 2.75) is 89.0 Å². The van der Waals surface area contributed by atoms with Gasteiger partial charge in [0.05, 0.1) is 0 Å². The fourth-order valence-electron chi connectivity index (χ4n) is 5.91. The Morgan fingerprint density at radius 1 is 0.812 bits per heavy atom. The van der Waals surface area contributed by atoms with Gasteiger partial charge in [-0.05, 0) is 25.2 Å². The maximum Gasteiger partial charge on any atom is 0.325 e. The topological polar surface area (TPSA) is 90.0 Å². The van der Waals surface area contributed by atoms with Gasteiger partial charge in [-0.2, -0.15) is 0 Å². The molecule has 2 saturated heterocycles. The maximum absolute atomic E-state index is 12.8. The molecule has 2 saturated carbocycles. The first-order chi connectivity index (χ1) is 15.5. The molecule has 5 amide bonds. The van der Waals surface area contributed by atoms with Crippen LogP contribution in [0.2, 0.25) is 0 Å². The number of nitrogens with one attached hydrogen (secondary N) is 1. The van der Waals surface area contributed by atoms with Crippen molar-refractivity contribution in [3.05, 3.63) is 0 Å². The minimum absolute atomic E-state index is 0.0514. The lowest BCUT2D eigenvalue weighted by molar-refractivity contribution is -0.140. The molecule has 0 aromatic heterocycles. The molecule has 8 heteroatoms. The Morgan fingerprint density at radius 3 is 2.00 bits per heavy atom. The zero-order valence-electron chi connectivity index (χ0n) is 19.3. The van der Waals surface area contributed by atoms with E-state index in [2.05, 4.69) is 5.32 Å². The molecular weight excluding hydrogens is 408 g/mol. The zero-order chi connectivity index (χ0) is 22.6. The minimum atomic E-state index is -0.734. The van der Waals surface area contributed by atoms with Crippen LogP contribution in [-0.2, 0) is 14.4 Å². The van der Waals surface area contributed by atoms with Crippen LogP contribution < -0.4 is 5.32 Å². The number of imide groups is 1. The third-order valence-electron chi connectivity index (χ3n) is 7.98. The van der Waals surface area contributed by atoms with Gasteiger partial charge in [0.15, 0.2) is 0 Å². The normalized spacial score (nSPS) is 24.2. The summed E-state index contributed by atoms with van der Waals surface area (Å²) in [6.07, 6.45) is 12.6. The van der Waals surface area contributed by atoms with E-state index >= 15 is 0 Å². The third-order valence-corrected chi connectivity index (χ3v) is 7.98. The fraction of sp³-hybridized carbons (Fsp3) is 0.833. The van der Waals surface area contributed by atoms with Gasteiger partial charge in [-0.1, -0.05) is 51.4 Å². The Labute approximate surface area is 191 Å². The number of carbonyl (C=O) groups excluding carboxylic acids is 4. The summed E-state index contributed by atoms with van der Waals surface area (Å²) in [6.45, 7) is 2.32. The Balaban J connectivity index is 1.18. The molecule has 1 N–H and O–H groups in total. The second kappa shape index (κ2) is 10.2. The predicted octanol–water partition coefficient (Wildman–Crippen LogP) is 2.66. The Hall–Kier alpha value is -2.12. The highest BCUT2D eigenvalue weighted by atomic mass is 16.2. The van der Waals surface area contributed by atoms with Gasteiger partial charge in [-0.3, -0.25) is 19.3 Å². The molecule has 2 heterocycles. The number of urea groups is 1. The molecule has 4 rings (SSSR count). The standard InChI is InChI=1S/C24H38N4O4/c29-20(10-9-19-7-3-1-4-8-19)26-15-17-27(18-16-26)21(30)11-14-28-22(31)24(25-23(28)32)12-5-2-6-13-24/h19H,1-18H2,(H,25,32). The van der Waals surface area contributed by atoms with E-state index in [1.54, 1.807) is 4.90 Å². The fourth-order valence-corrected chi connectivity index (χ4v) is 5.91. The highest BCUT2D eigenvalue weighted by molar-refractivity contribution is 6.07. The molecular formula is C24H38N4O4. The highest BCUT2D eigenvalue weighted by Gasteiger charge is 2.51. The first kappa shape index (κ1) is 23.1. The molecule has 0 aromatic carbocycles. The van der Waals surface area contributed by atoms with Crippen LogP contribution in [0.15, 0.2) is 0 Å². The van der Waals surface area contributed by atoms with Gasteiger partial charge in [-0.25, -0.2) is 4.79 Å². The molecule has 2 aliphatic heterocycles. The monoisotopic (exact) mass is 446 g/mol. The van der Waals surface area contributed by atoms with Gasteiger partial charge < -0.3 is 15.1 Å². The first-order valence-electron chi connectivity index (χ1n) is 12.7. The van der Waals surface area contributed by atoms with Crippen molar-refractivity contribution < 1.29 is 19.2 Å².